The maximum Gasteiger partial charge on any atom is 0.234 e. The molecule has 4 atom stereocenters. The first-order chi connectivity index (χ1) is 50.4. The van der Waals surface area contributed by atoms with Crippen LogP contribution >= 0.6 is 28.6 Å². The molecule has 0 saturated heterocycles. The van der Waals surface area contributed by atoms with Crippen LogP contribution in [0.5, 0.6) is 0 Å². The van der Waals surface area contributed by atoms with Crippen LogP contribution in [0.25, 0.3) is 0 Å². The minimum atomic E-state index is -3.56. The van der Waals surface area contributed by atoms with Crippen LogP contribution in [-0.4, -0.2) is 128 Å². The summed E-state index contributed by atoms with van der Waals surface area (Å²) in [5.74, 6) is -0.776. The number of benzene rings is 8. The standard InChI is InChI=1S/2C43H49N3O4P2/c2*1-5-45(6-2)42(47)40(51(49,36-24-13-9-14-25-36)37-26-15-10-16-27-37)32-34-22-21-23-35(44-34)33-41(43(48)46(7-3)8-4)52(50,38-28-17-11-18-29-38)39-30-19-12-20-31-39/h2*9-31,40-41H,5-8,32-33H2,1-4H3/t2*40-,41-/m10/s1. The van der Waals surface area contributed by atoms with Crippen molar-refractivity contribution in [2.24, 2.45) is 0 Å². The molecule has 2 heterocycles. The van der Waals surface area contributed by atoms with Gasteiger partial charge in [0, 0.05) is 143 Å². The lowest BCUT2D eigenvalue weighted by Gasteiger charge is -2.32. The van der Waals surface area contributed by atoms with E-state index in [1.54, 1.807) is 19.6 Å². The zero-order valence-corrected chi connectivity index (χ0v) is 64.7. The predicted octanol–water partition coefficient (Wildman–Crippen LogP) is 13.3. The summed E-state index contributed by atoms with van der Waals surface area (Å²) in [5.41, 5.74) is -1.37. The molecule has 0 bridgehead atoms. The van der Waals surface area contributed by atoms with Gasteiger partial charge in [0.1, 0.15) is 22.6 Å². The summed E-state index contributed by atoms with van der Waals surface area (Å²) < 4.78 is 62.7. The van der Waals surface area contributed by atoms with Crippen molar-refractivity contribution in [1.29, 1.82) is 0 Å². The van der Waals surface area contributed by atoms with Gasteiger partial charge in [0.15, 0.2) is 28.6 Å². The number of hydrogen-bond acceptors (Lipinski definition) is 10. The highest BCUT2D eigenvalue weighted by atomic mass is 31.2. The van der Waals surface area contributed by atoms with E-state index in [2.05, 4.69) is 0 Å². The second kappa shape index (κ2) is 37.5. The average Bonchev–Trinajstić information content (AvgIpc) is 0.780. The first kappa shape index (κ1) is 79.0. The molecule has 104 heavy (non-hydrogen) atoms. The first-order valence-corrected chi connectivity index (χ1v) is 43.4. The number of pyridine rings is 2. The van der Waals surface area contributed by atoms with Crippen molar-refractivity contribution in [3.05, 3.63) is 302 Å². The Balaban J connectivity index is 0.000000241. The second-order valence-electron chi connectivity index (χ2n) is 25.5. The van der Waals surface area contributed by atoms with Gasteiger partial charge in [-0.05, 0) is 79.7 Å². The van der Waals surface area contributed by atoms with E-state index >= 15 is 18.3 Å². The van der Waals surface area contributed by atoms with E-state index in [1.165, 1.54) is 0 Å². The van der Waals surface area contributed by atoms with Crippen molar-refractivity contribution in [1.82, 2.24) is 29.6 Å². The lowest BCUT2D eigenvalue weighted by molar-refractivity contribution is -0.131. The SMILES string of the molecule is CCN(CC)C(=O)[C@@H](Cc1cccc(C[C@H](C(=O)N(CC)CC)P(=O)(c2ccccc2)c2ccccc2)n1)P(=O)(c1ccccc1)c1ccccc1.CCN(CC)C(=O)[C@H](Cc1cccc(C[C@@H](C(=O)N(CC)CC)P(=O)(c2ccccc2)c2ccccc2)n1)P(=O)(c1ccccc1)c1ccccc1. The zero-order valence-electron chi connectivity index (χ0n) is 61.1. The lowest BCUT2D eigenvalue weighted by Crippen LogP contribution is -2.44. The predicted molar refractivity (Wildman–Crippen MR) is 429 cm³/mol. The molecule has 0 aliphatic rings. The van der Waals surface area contributed by atoms with Gasteiger partial charge in [-0.25, -0.2) is 0 Å². The Morgan fingerprint density at radius 2 is 0.365 bits per heavy atom. The maximum atomic E-state index is 15.7. The molecular weight excluding hydrogens is 1370 g/mol. The molecule has 540 valence electrons. The molecule has 8 aromatic carbocycles. The first-order valence-electron chi connectivity index (χ1n) is 36.3. The summed E-state index contributed by atoms with van der Waals surface area (Å²) >= 11 is 0. The normalized spacial score (nSPS) is 12.8. The van der Waals surface area contributed by atoms with Crippen LogP contribution in [-0.2, 0) is 63.1 Å². The average molecular weight is 1470 g/mol. The van der Waals surface area contributed by atoms with Gasteiger partial charge in [0.2, 0.25) is 23.6 Å². The van der Waals surface area contributed by atoms with Crippen LogP contribution in [0, 0.1) is 0 Å². The second-order valence-corrected chi connectivity index (χ2v) is 37.4. The minimum absolute atomic E-state index is 0.119. The Labute approximate surface area is 615 Å². The molecular formula is C86H98N6O8P4. The molecule has 2 aromatic heterocycles. The Kier molecular flexibility index (Phi) is 28.5. The molecule has 0 fully saturated rings. The van der Waals surface area contributed by atoms with E-state index in [4.69, 9.17) is 9.97 Å². The fourth-order valence-corrected chi connectivity index (χ4v) is 26.7. The number of aromatic nitrogens is 2. The molecule has 10 rings (SSSR count). The highest BCUT2D eigenvalue weighted by molar-refractivity contribution is 7.81. The summed E-state index contributed by atoms with van der Waals surface area (Å²) in [6.45, 7) is 19.3. The highest BCUT2D eigenvalue weighted by Crippen LogP contribution is 2.54. The van der Waals surface area contributed by atoms with Crippen molar-refractivity contribution in [3.63, 3.8) is 0 Å². The van der Waals surface area contributed by atoms with Crippen molar-refractivity contribution >= 4 is 94.6 Å². The highest BCUT2D eigenvalue weighted by Gasteiger charge is 2.48. The Morgan fingerprint density at radius 1 is 0.231 bits per heavy atom. The van der Waals surface area contributed by atoms with Crippen molar-refractivity contribution in [3.8, 4) is 0 Å². The Bertz CT molecular complexity index is 3840. The number of amides is 4. The molecule has 0 radical (unpaired) electrons. The summed E-state index contributed by atoms with van der Waals surface area (Å²) in [4.78, 5) is 75.0. The fraction of sp³-hybridized carbons (Fsp3) is 0.279. The number of nitrogens with zero attached hydrogens (tertiary/aromatic N) is 6. The Hall–Kier alpha value is -9.14. The van der Waals surface area contributed by atoms with Gasteiger partial charge in [0.25, 0.3) is 0 Å². The third-order valence-electron chi connectivity index (χ3n) is 19.7. The van der Waals surface area contributed by atoms with Gasteiger partial charge in [-0.15, -0.1) is 0 Å². The molecule has 14 nitrogen and oxygen atoms in total. The minimum Gasteiger partial charge on any atom is -0.343 e. The zero-order chi connectivity index (χ0) is 74.3. The van der Waals surface area contributed by atoms with Gasteiger partial charge in [-0.2, -0.15) is 0 Å². The molecule has 0 saturated carbocycles. The van der Waals surface area contributed by atoms with Crippen LogP contribution in [0.15, 0.2) is 279 Å². The van der Waals surface area contributed by atoms with Crippen LogP contribution in [0.3, 0.4) is 0 Å². The van der Waals surface area contributed by atoms with Crippen molar-refractivity contribution in [2.45, 2.75) is 104 Å². The number of rotatable bonds is 32. The van der Waals surface area contributed by atoms with E-state index in [1.807, 2.05) is 334 Å². The molecule has 0 aliphatic carbocycles. The summed E-state index contributed by atoms with van der Waals surface area (Å²) in [6, 6.07) is 85.3. The molecule has 0 aliphatic heterocycles. The summed E-state index contributed by atoms with van der Waals surface area (Å²) in [6.07, 6.45) is 0.476. The third kappa shape index (κ3) is 17.6. The van der Waals surface area contributed by atoms with Gasteiger partial charge >= 0.3 is 0 Å². The molecule has 0 N–H and O–H groups in total. The van der Waals surface area contributed by atoms with E-state index in [9.17, 15) is 19.2 Å². The van der Waals surface area contributed by atoms with Gasteiger partial charge in [0.05, 0.1) is 0 Å². The smallest absolute Gasteiger partial charge is 0.234 e. The largest absolute Gasteiger partial charge is 0.343 e. The lowest BCUT2D eigenvalue weighted by atomic mass is 10.1. The van der Waals surface area contributed by atoms with Crippen molar-refractivity contribution in [2.75, 3.05) is 52.4 Å². The van der Waals surface area contributed by atoms with E-state index in [0.29, 0.717) is 118 Å². The molecule has 18 heteroatoms. The van der Waals surface area contributed by atoms with Gasteiger partial charge < -0.3 is 37.9 Å². The van der Waals surface area contributed by atoms with E-state index in [0.717, 1.165) is 0 Å². The van der Waals surface area contributed by atoms with E-state index in [-0.39, 0.29) is 49.3 Å². The molecule has 0 unspecified atom stereocenters. The van der Waals surface area contributed by atoms with Crippen LogP contribution < -0.4 is 42.4 Å². The van der Waals surface area contributed by atoms with Gasteiger partial charge in [-0.1, -0.05) is 255 Å². The Morgan fingerprint density at radius 3 is 0.490 bits per heavy atom. The maximum absolute atomic E-state index is 15.7. The quantitative estimate of drug-likeness (QED) is 0.0369. The fourth-order valence-electron chi connectivity index (χ4n) is 14.0. The number of carbonyl (C=O) groups excluding carboxylic acids is 4. The van der Waals surface area contributed by atoms with Crippen LogP contribution in [0.1, 0.15) is 78.2 Å². The third-order valence-corrected chi connectivity index (χ3v) is 33.3. The summed E-state index contributed by atoms with van der Waals surface area (Å²) in [7, 11) is -14.2. The van der Waals surface area contributed by atoms with E-state index < -0.39 is 51.2 Å². The summed E-state index contributed by atoms with van der Waals surface area (Å²) in [5, 5.41) is 4.88. The number of carbonyl (C=O) groups is 4. The van der Waals surface area contributed by atoms with Crippen molar-refractivity contribution < 1.29 is 37.4 Å². The molecule has 4 amide bonds. The molecule has 10 aromatic rings. The topological polar surface area (TPSA) is 175 Å². The molecule has 0 spiro atoms. The monoisotopic (exact) mass is 1470 g/mol. The van der Waals surface area contributed by atoms with Crippen LogP contribution in [0.2, 0.25) is 0 Å². The van der Waals surface area contributed by atoms with Crippen LogP contribution in [0.4, 0.5) is 0 Å². The number of hydrogen-bond donors (Lipinski definition) is 0. The van der Waals surface area contributed by atoms with Gasteiger partial charge in [-0.3, -0.25) is 29.1 Å².